The summed E-state index contributed by atoms with van der Waals surface area (Å²) in [5.74, 6) is -0.622. The van der Waals surface area contributed by atoms with Gasteiger partial charge in [-0.3, -0.25) is 37.3 Å². The Balaban J connectivity index is 5.21. The van der Waals surface area contributed by atoms with Crippen molar-refractivity contribution in [1.29, 1.82) is 0 Å². The van der Waals surface area contributed by atoms with Crippen LogP contribution in [-0.2, 0) is 65.4 Å². The van der Waals surface area contributed by atoms with Gasteiger partial charge < -0.3 is 33.8 Å². The summed E-state index contributed by atoms with van der Waals surface area (Å²) in [5.41, 5.74) is 0. The highest BCUT2D eigenvalue weighted by molar-refractivity contribution is 7.47. The molecule has 0 bridgehead atoms. The van der Waals surface area contributed by atoms with Crippen LogP contribution in [0.2, 0.25) is 0 Å². The van der Waals surface area contributed by atoms with Crippen LogP contribution in [0.1, 0.15) is 465 Å². The highest BCUT2D eigenvalue weighted by Crippen LogP contribution is 2.45. The van der Waals surface area contributed by atoms with E-state index >= 15 is 0 Å². The molecule has 0 rings (SSSR count). The zero-order valence-electron chi connectivity index (χ0n) is 69.7. The van der Waals surface area contributed by atoms with E-state index in [1.807, 2.05) is 0 Å². The molecule has 3 N–H and O–H groups in total. The molecule has 0 spiro atoms. The van der Waals surface area contributed by atoms with Gasteiger partial charge in [-0.2, -0.15) is 0 Å². The first-order valence-corrected chi connectivity index (χ1v) is 48.0. The number of hydrogen-bond acceptors (Lipinski definition) is 15. The maximum Gasteiger partial charge on any atom is 0.472 e. The van der Waals surface area contributed by atoms with Crippen LogP contribution in [-0.4, -0.2) is 96.7 Å². The van der Waals surface area contributed by atoms with Crippen LogP contribution in [0.4, 0.5) is 0 Å². The Labute approximate surface area is 651 Å². The smallest absolute Gasteiger partial charge is 0.462 e. The third kappa shape index (κ3) is 80.1. The van der Waals surface area contributed by atoms with Gasteiger partial charge in [-0.1, -0.05) is 414 Å². The van der Waals surface area contributed by atoms with Crippen LogP contribution in [0.15, 0.2) is 0 Å². The minimum Gasteiger partial charge on any atom is -0.462 e. The summed E-state index contributed by atoms with van der Waals surface area (Å²) in [5, 5.41) is 10.7. The maximum atomic E-state index is 13.2. The van der Waals surface area contributed by atoms with E-state index in [1.165, 1.54) is 276 Å². The number of aliphatic hydroxyl groups is 1. The number of aliphatic hydroxyl groups excluding tert-OH is 1. The second kappa shape index (κ2) is 78.3. The van der Waals surface area contributed by atoms with E-state index in [-0.39, 0.29) is 25.7 Å². The van der Waals surface area contributed by atoms with Gasteiger partial charge in [0.25, 0.3) is 0 Å². The number of ether oxygens (including phenoxy) is 4. The zero-order chi connectivity index (χ0) is 77.8. The number of hydrogen-bond donors (Lipinski definition) is 3. The van der Waals surface area contributed by atoms with E-state index in [1.54, 1.807) is 0 Å². The molecule has 0 aliphatic heterocycles. The first kappa shape index (κ1) is 104. The first-order valence-electron chi connectivity index (χ1n) is 45.0. The molecule has 0 aromatic heterocycles. The summed E-state index contributed by atoms with van der Waals surface area (Å²) in [6.07, 6.45) is 71.1. The summed E-state index contributed by atoms with van der Waals surface area (Å²) in [4.78, 5) is 73.2. The number of rotatable bonds is 86. The summed E-state index contributed by atoms with van der Waals surface area (Å²) < 4.78 is 68.9. The average Bonchev–Trinajstić information content (AvgIpc) is 1.07. The third-order valence-corrected chi connectivity index (χ3v) is 22.4. The van der Waals surface area contributed by atoms with Crippen molar-refractivity contribution < 1.29 is 80.2 Å². The highest BCUT2D eigenvalue weighted by atomic mass is 31.2. The molecule has 0 saturated carbocycles. The van der Waals surface area contributed by atoms with Crippen LogP contribution >= 0.6 is 15.6 Å². The predicted octanol–water partition coefficient (Wildman–Crippen LogP) is 26.6. The molecule has 0 fully saturated rings. The summed E-state index contributed by atoms with van der Waals surface area (Å²) in [7, 11) is -9.93. The lowest BCUT2D eigenvalue weighted by atomic mass is 10.0. The molecule has 0 amide bonds. The minimum absolute atomic E-state index is 0.107. The van der Waals surface area contributed by atoms with Crippen LogP contribution in [0, 0.1) is 11.8 Å². The number of carbonyl (C=O) groups excluding carboxylic acids is 4. The molecule has 0 heterocycles. The van der Waals surface area contributed by atoms with Crippen molar-refractivity contribution in [2.45, 2.75) is 484 Å². The topological polar surface area (TPSA) is 237 Å². The lowest BCUT2D eigenvalue weighted by Gasteiger charge is -2.21. The van der Waals surface area contributed by atoms with Gasteiger partial charge in [0.15, 0.2) is 12.2 Å². The van der Waals surface area contributed by atoms with E-state index in [9.17, 15) is 43.2 Å². The SMILES string of the molecule is CCCCCCCCCCCCCCCCCCCCCCC(=O)O[C@H](COC(=O)CCCCCCCCCCCCCCCCCCCCC)COP(=O)(O)OC[C@@H](O)COP(=O)(O)OC[C@@H](COC(=O)CCCCCCCCC(C)C)OC(=O)CCCCCCCCCCCCCCCCCC(C)C. The average molecular weight is 1550 g/mol. The Morgan fingerprint density at radius 2 is 0.434 bits per heavy atom. The molecule has 17 nitrogen and oxygen atoms in total. The minimum atomic E-state index is -4.97. The Morgan fingerprint density at radius 3 is 0.642 bits per heavy atom. The second-order valence-corrected chi connectivity index (χ2v) is 35.1. The maximum absolute atomic E-state index is 13.2. The Kier molecular flexibility index (Phi) is 76.9. The molecular formula is C87H170O17P2. The van der Waals surface area contributed by atoms with Crippen LogP contribution < -0.4 is 0 Å². The van der Waals surface area contributed by atoms with E-state index in [4.69, 9.17) is 37.0 Å². The van der Waals surface area contributed by atoms with Gasteiger partial charge >= 0.3 is 39.5 Å². The number of carbonyl (C=O) groups is 4. The van der Waals surface area contributed by atoms with Gasteiger partial charge in [-0.15, -0.1) is 0 Å². The van der Waals surface area contributed by atoms with Crippen molar-refractivity contribution >= 4 is 39.5 Å². The lowest BCUT2D eigenvalue weighted by Crippen LogP contribution is -2.30. The first-order chi connectivity index (χ1) is 51.4. The molecule has 2 unspecified atom stereocenters. The Morgan fingerprint density at radius 1 is 0.255 bits per heavy atom. The van der Waals surface area contributed by atoms with Gasteiger partial charge in [0, 0.05) is 25.7 Å². The molecule has 630 valence electrons. The molecule has 0 aliphatic rings. The molecule has 5 atom stereocenters. The number of esters is 4. The molecule has 0 aromatic carbocycles. The number of phosphoric acid groups is 2. The predicted molar refractivity (Wildman–Crippen MR) is 437 cm³/mol. The zero-order valence-corrected chi connectivity index (χ0v) is 71.5. The van der Waals surface area contributed by atoms with Crippen molar-refractivity contribution in [3.8, 4) is 0 Å². The van der Waals surface area contributed by atoms with Gasteiger partial charge in [0.1, 0.15) is 19.3 Å². The molecule has 0 radical (unpaired) electrons. The van der Waals surface area contributed by atoms with Crippen LogP contribution in [0.3, 0.4) is 0 Å². The fourth-order valence-corrected chi connectivity index (χ4v) is 15.2. The quantitative estimate of drug-likeness (QED) is 0.0222. The molecule has 19 heteroatoms. The molecule has 0 aliphatic carbocycles. The number of unbranched alkanes of at least 4 members (excludes halogenated alkanes) is 56. The van der Waals surface area contributed by atoms with E-state index in [0.717, 1.165) is 102 Å². The normalized spacial score (nSPS) is 13.8. The monoisotopic (exact) mass is 1550 g/mol. The van der Waals surface area contributed by atoms with Crippen molar-refractivity contribution in [3.63, 3.8) is 0 Å². The van der Waals surface area contributed by atoms with Gasteiger partial charge in [0.2, 0.25) is 0 Å². The van der Waals surface area contributed by atoms with Crippen molar-refractivity contribution in [1.82, 2.24) is 0 Å². The summed E-state index contributed by atoms with van der Waals surface area (Å²) >= 11 is 0. The van der Waals surface area contributed by atoms with Crippen molar-refractivity contribution in [2.24, 2.45) is 11.8 Å². The molecular weight excluding hydrogens is 1380 g/mol. The largest absolute Gasteiger partial charge is 0.472 e. The van der Waals surface area contributed by atoms with Gasteiger partial charge in [-0.25, -0.2) is 9.13 Å². The lowest BCUT2D eigenvalue weighted by molar-refractivity contribution is -0.161. The number of phosphoric ester groups is 2. The standard InChI is InChI=1S/C87H170O17P2/c1-7-9-11-13-15-17-19-21-23-25-27-29-31-35-39-43-47-51-59-65-71-86(91)103-82(75-97-84(89)69-63-57-50-46-42-38-34-30-28-26-24-22-20-18-16-14-12-10-8-2)77-101-105(93,94)99-73-81(88)74-100-106(95,96)102-78-83(76-98-85(90)70-64-58-54-53-56-62-68-80(5)6)104-87(92)72-66-60-52-48-44-40-36-32-33-37-41-45-49-55-61-67-79(3)4/h79-83,88H,7-78H2,1-6H3,(H,93,94)(H,95,96)/t81-,82-,83-/m1/s1. The highest BCUT2D eigenvalue weighted by Gasteiger charge is 2.30. The van der Waals surface area contributed by atoms with Gasteiger partial charge in [-0.05, 0) is 37.5 Å². The Bertz CT molecular complexity index is 2030. The fraction of sp³-hybridized carbons (Fsp3) is 0.954. The fourth-order valence-electron chi connectivity index (χ4n) is 13.6. The van der Waals surface area contributed by atoms with Crippen LogP contribution in [0.25, 0.3) is 0 Å². The third-order valence-electron chi connectivity index (χ3n) is 20.5. The second-order valence-electron chi connectivity index (χ2n) is 32.2. The molecule has 0 saturated heterocycles. The Hall–Kier alpha value is -1.94. The van der Waals surface area contributed by atoms with Gasteiger partial charge in [0.05, 0.1) is 26.4 Å². The molecule has 106 heavy (non-hydrogen) atoms. The van der Waals surface area contributed by atoms with E-state index in [0.29, 0.717) is 31.6 Å². The van der Waals surface area contributed by atoms with E-state index in [2.05, 4.69) is 41.5 Å². The van der Waals surface area contributed by atoms with Crippen molar-refractivity contribution in [2.75, 3.05) is 39.6 Å². The van der Waals surface area contributed by atoms with Crippen LogP contribution in [0.5, 0.6) is 0 Å². The summed E-state index contributed by atoms with van der Waals surface area (Å²) in [6.45, 7) is 9.62. The van der Waals surface area contributed by atoms with Crippen molar-refractivity contribution in [3.05, 3.63) is 0 Å². The summed E-state index contributed by atoms with van der Waals surface area (Å²) in [6, 6.07) is 0. The molecule has 0 aromatic rings. The van der Waals surface area contributed by atoms with E-state index < -0.39 is 97.5 Å².